The lowest BCUT2D eigenvalue weighted by molar-refractivity contribution is -0.137. The fourth-order valence-corrected chi connectivity index (χ4v) is 5.92. The Hall–Kier alpha value is -2.15. The number of benzene rings is 2. The maximum absolute atomic E-state index is 15.2. The summed E-state index contributed by atoms with van der Waals surface area (Å²) in [6.45, 7) is 2.72. The average molecular weight is 452 g/mol. The highest BCUT2D eigenvalue weighted by molar-refractivity contribution is 5.47. The van der Waals surface area contributed by atoms with Crippen LogP contribution >= 0.6 is 0 Å². The molecule has 2 aliphatic heterocycles. The van der Waals surface area contributed by atoms with E-state index in [1.807, 2.05) is 0 Å². The number of hydrogen-bond acceptors (Lipinski definition) is 2. The van der Waals surface area contributed by atoms with Gasteiger partial charge in [0.1, 0.15) is 5.82 Å². The molecule has 1 aliphatic carbocycles. The van der Waals surface area contributed by atoms with Crippen molar-refractivity contribution >= 4 is 0 Å². The zero-order valence-corrected chi connectivity index (χ0v) is 17.7. The van der Waals surface area contributed by atoms with Gasteiger partial charge in [-0.15, -0.1) is 0 Å². The highest BCUT2D eigenvalue weighted by Crippen LogP contribution is 2.57. The van der Waals surface area contributed by atoms with Gasteiger partial charge < -0.3 is 9.47 Å². The van der Waals surface area contributed by atoms with Crippen LogP contribution in [0, 0.1) is 29.4 Å². The van der Waals surface area contributed by atoms with Gasteiger partial charge in [-0.3, -0.25) is 0 Å². The molecule has 3 aliphatic rings. The zero-order chi connectivity index (χ0) is 22.7. The average Bonchev–Trinajstić information content (AvgIpc) is 3.55. The van der Waals surface area contributed by atoms with Gasteiger partial charge in [0.25, 0.3) is 0 Å². The third kappa shape index (κ3) is 3.49. The lowest BCUT2D eigenvalue weighted by Crippen LogP contribution is -2.55. The summed E-state index contributed by atoms with van der Waals surface area (Å²) < 4.78 is 80.9. The topological polar surface area (TPSA) is 18.5 Å². The van der Waals surface area contributed by atoms with Crippen molar-refractivity contribution < 1.29 is 31.4 Å². The van der Waals surface area contributed by atoms with Gasteiger partial charge in [0.2, 0.25) is 0 Å². The second-order valence-corrected chi connectivity index (χ2v) is 9.33. The van der Waals surface area contributed by atoms with Crippen molar-refractivity contribution in [1.82, 2.24) is 0 Å². The molecular formula is C25H25F5O2. The van der Waals surface area contributed by atoms with Gasteiger partial charge in [0, 0.05) is 23.5 Å². The predicted octanol–water partition coefficient (Wildman–Crippen LogP) is 6.31. The van der Waals surface area contributed by atoms with Crippen molar-refractivity contribution in [2.45, 2.75) is 50.3 Å². The molecule has 172 valence electrons. The Labute approximate surface area is 183 Å². The predicted molar refractivity (Wildman–Crippen MR) is 108 cm³/mol. The summed E-state index contributed by atoms with van der Waals surface area (Å²) >= 11 is 0. The summed E-state index contributed by atoms with van der Waals surface area (Å²) in [5, 5.41) is 0. The van der Waals surface area contributed by atoms with Crippen molar-refractivity contribution in [3.8, 4) is 5.75 Å². The van der Waals surface area contributed by atoms with E-state index < -0.39 is 28.8 Å². The highest BCUT2D eigenvalue weighted by Gasteiger charge is 2.58. The van der Waals surface area contributed by atoms with Crippen LogP contribution in [0.15, 0.2) is 36.4 Å². The van der Waals surface area contributed by atoms with Gasteiger partial charge in [-0.1, -0.05) is 25.5 Å². The van der Waals surface area contributed by atoms with E-state index in [2.05, 4.69) is 6.92 Å². The number of hydrogen-bond donors (Lipinski definition) is 0. The summed E-state index contributed by atoms with van der Waals surface area (Å²) in [5.41, 5.74) is -0.671. The minimum absolute atomic E-state index is 0.0725. The van der Waals surface area contributed by atoms with Crippen LogP contribution in [0.4, 0.5) is 22.0 Å². The third-order valence-electron chi connectivity index (χ3n) is 7.65. The van der Waals surface area contributed by atoms with Crippen molar-refractivity contribution in [3.63, 3.8) is 0 Å². The highest BCUT2D eigenvalue weighted by atomic mass is 19.4. The standard InChI is InChI=1S/C25H25F5O2/c1-2-15-11-17(15)22-18-13-32-23-20(27)8-7-19(26)21(23)24(18,9-10-31-22)12-14-3-5-16(6-4-14)25(28,29)30/h3-8,15,17-18,22H,2,9-13H2,1H3/t15?,17?,18-,22-,24-/m0/s1. The van der Waals surface area contributed by atoms with E-state index in [4.69, 9.17) is 9.47 Å². The first-order chi connectivity index (χ1) is 15.2. The van der Waals surface area contributed by atoms with E-state index >= 15 is 4.39 Å². The third-order valence-corrected chi connectivity index (χ3v) is 7.65. The molecule has 7 heteroatoms. The van der Waals surface area contributed by atoms with Gasteiger partial charge in [-0.25, -0.2) is 8.78 Å². The number of halogens is 5. The molecule has 0 radical (unpaired) electrons. The molecule has 0 amide bonds. The van der Waals surface area contributed by atoms with E-state index in [9.17, 15) is 17.6 Å². The number of alkyl halides is 3. The fraction of sp³-hybridized carbons (Fsp3) is 0.520. The van der Waals surface area contributed by atoms with Crippen LogP contribution in [0.3, 0.4) is 0 Å². The van der Waals surface area contributed by atoms with Gasteiger partial charge >= 0.3 is 6.18 Å². The summed E-state index contributed by atoms with van der Waals surface area (Å²) in [5.74, 6) is -0.547. The molecule has 2 aromatic carbocycles. The largest absolute Gasteiger partial charge is 0.490 e. The first-order valence-corrected chi connectivity index (χ1v) is 11.1. The Morgan fingerprint density at radius 2 is 1.75 bits per heavy atom. The molecule has 0 spiro atoms. The summed E-state index contributed by atoms with van der Waals surface area (Å²) in [7, 11) is 0. The Morgan fingerprint density at radius 3 is 2.41 bits per heavy atom. The summed E-state index contributed by atoms with van der Waals surface area (Å²) in [6.07, 6.45) is -1.74. The SMILES string of the molecule is CCC1CC1[C@@H]1OCC[C@@]2(Cc3ccc(C(F)(F)F)cc3)c3c(F)ccc(F)c3OC[C@@H]12. The maximum atomic E-state index is 15.2. The first-order valence-electron chi connectivity index (χ1n) is 11.1. The lowest BCUT2D eigenvalue weighted by atomic mass is 9.60. The van der Waals surface area contributed by atoms with Crippen LogP contribution in [0.2, 0.25) is 0 Å². The van der Waals surface area contributed by atoms with E-state index in [1.165, 1.54) is 12.1 Å². The van der Waals surface area contributed by atoms with Crippen LogP contribution < -0.4 is 4.74 Å². The molecule has 2 fully saturated rings. The Balaban J connectivity index is 1.58. The van der Waals surface area contributed by atoms with Crippen LogP contribution in [0.1, 0.15) is 42.9 Å². The van der Waals surface area contributed by atoms with E-state index in [-0.39, 0.29) is 29.9 Å². The van der Waals surface area contributed by atoms with Gasteiger partial charge in [-0.05, 0) is 60.9 Å². The van der Waals surface area contributed by atoms with Gasteiger partial charge in [0.05, 0.1) is 18.3 Å². The van der Waals surface area contributed by atoms with Gasteiger partial charge in [-0.2, -0.15) is 13.2 Å². The molecule has 2 heterocycles. The molecule has 2 aromatic rings. The minimum atomic E-state index is -4.43. The van der Waals surface area contributed by atoms with Crippen LogP contribution in [0.5, 0.6) is 5.75 Å². The van der Waals surface area contributed by atoms with Crippen LogP contribution in [0.25, 0.3) is 0 Å². The molecule has 5 rings (SSSR count). The van der Waals surface area contributed by atoms with E-state index in [1.54, 1.807) is 0 Å². The quantitative estimate of drug-likeness (QED) is 0.507. The van der Waals surface area contributed by atoms with Crippen molar-refractivity contribution in [1.29, 1.82) is 0 Å². The second-order valence-electron chi connectivity index (χ2n) is 9.33. The molecule has 0 bridgehead atoms. The lowest BCUT2D eigenvalue weighted by Gasteiger charge is -2.51. The molecule has 0 aromatic heterocycles. The maximum Gasteiger partial charge on any atom is 0.416 e. The van der Waals surface area contributed by atoms with Crippen molar-refractivity contribution in [2.24, 2.45) is 17.8 Å². The van der Waals surface area contributed by atoms with Crippen molar-refractivity contribution in [3.05, 3.63) is 64.7 Å². The molecule has 1 saturated carbocycles. The van der Waals surface area contributed by atoms with Crippen LogP contribution in [-0.4, -0.2) is 19.3 Å². The molecule has 5 atom stereocenters. The first kappa shape index (κ1) is 21.7. The molecule has 2 unspecified atom stereocenters. The normalized spacial score (nSPS) is 31.4. The number of rotatable bonds is 4. The smallest absolute Gasteiger partial charge is 0.416 e. The fourth-order valence-electron chi connectivity index (χ4n) is 5.92. The molecule has 32 heavy (non-hydrogen) atoms. The summed E-state index contributed by atoms with van der Waals surface area (Å²) in [4.78, 5) is 0. The minimum Gasteiger partial charge on any atom is -0.490 e. The second kappa shape index (κ2) is 7.72. The monoisotopic (exact) mass is 452 g/mol. The van der Waals surface area contributed by atoms with Gasteiger partial charge in [0.15, 0.2) is 11.6 Å². The van der Waals surface area contributed by atoms with E-state index in [0.29, 0.717) is 36.8 Å². The Kier molecular flexibility index (Phi) is 5.23. The number of fused-ring (bicyclic) bond motifs is 3. The number of ether oxygens (including phenoxy) is 2. The molecule has 2 nitrogen and oxygen atoms in total. The van der Waals surface area contributed by atoms with E-state index in [0.717, 1.165) is 37.1 Å². The van der Waals surface area contributed by atoms with Crippen molar-refractivity contribution in [2.75, 3.05) is 13.2 Å². The molecular weight excluding hydrogens is 427 g/mol. The Morgan fingerprint density at radius 1 is 1.03 bits per heavy atom. The Bertz CT molecular complexity index is 1000. The zero-order valence-electron chi connectivity index (χ0n) is 17.7. The molecule has 0 N–H and O–H groups in total. The summed E-state index contributed by atoms with van der Waals surface area (Å²) in [6, 6.07) is 7.16. The van der Waals surface area contributed by atoms with Crippen LogP contribution in [-0.2, 0) is 22.7 Å². The molecule has 1 saturated heterocycles.